The summed E-state index contributed by atoms with van der Waals surface area (Å²) < 4.78 is 50.0. The second kappa shape index (κ2) is 13.0. The van der Waals surface area contributed by atoms with E-state index in [1.165, 1.54) is 41.0 Å². The lowest BCUT2D eigenvalue weighted by molar-refractivity contribution is -0.192. The number of aromatic nitrogens is 1. The molecule has 0 unspecified atom stereocenters. The molecule has 3 N–H and O–H groups in total. The van der Waals surface area contributed by atoms with Crippen molar-refractivity contribution in [3.8, 4) is 5.75 Å². The molecule has 1 aromatic heterocycles. The van der Waals surface area contributed by atoms with Gasteiger partial charge in [-0.3, -0.25) is 9.59 Å². The van der Waals surface area contributed by atoms with Crippen molar-refractivity contribution >= 4 is 39.4 Å². The zero-order valence-corrected chi connectivity index (χ0v) is 15.9. The van der Waals surface area contributed by atoms with E-state index in [0.29, 0.717) is 23.8 Å². The van der Waals surface area contributed by atoms with Crippen molar-refractivity contribution in [3.63, 3.8) is 0 Å². The second-order valence-corrected chi connectivity index (χ2v) is 7.26. The van der Waals surface area contributed by atoms with Gasteiger partial charge in [0.2, 0.25) is 5.95 Å². The average Bonchev–Trinajstić information content (AvgIpc) is 2.60. The number of carboxylic acid groups (broad SMARTS) is 2. The van der Waals surface area contributed by atoms with Gasteiger partial charge in [-0.05, 0) is 6.07 Å². The van der Waals surface area contributed by atoms with Gasteiger partial charge >= 0.3 is 18.1 Å². The number of halogens is 4. The normalized spacial score (nSPS) is 10.5. The van der Waals surface area contributed by atoms with Crippen LogP contribution in [0.2, 0.25) is 0 Å². The molecule has 0 saturated heterocycles. The molecular formula is C14H16F4N2O6S2. The molecule has 1 aromatic rings. The van der Waals surface area contributed by atoms with Crippen LogP contribution in [0.25, 0.3) is 0 Å². The number of amides is 1. The van der Waals surface area contributed by atoms with Crippen LogP contribution in [0.3, 0.4) is 0 Å². The van der Waals surface area contributed by atoms with Crippen LogP contribution in [0.1, 0.15) is 16.8 Å². The Balaban J connectivity index is 0.000000887. The van der Waals surface area contributed by atoms with Crippen molar-refractivity contribution < 1.29 is 46.9 Å². The predicted molar refractivity (Wildman–Crippen MR) is 93.9 cm³/mol. The number of pyridine rings is 1. The van der Waals surface area contributed by atoms with Gasteiger partial charge in [0.25, 0.3) is 5.91 Å². The van der Waals surface area contributed by atoms with Crippen molar-refractivity contribution in [1.82, 2.24) is 10.3 Å². The minimum atomic E-state index is -5.08. The summed E-state index contributed by atoms with van der Waals surface area (Å²) >= 11 is 0. The van der Waals surface area contributed by atoms with Crippen LogP contribution < -0.4 is 10.1 Å². The molecule has 1 rings (SSSR count). The SMILES string of the molecule is COc1cnc(F)c(C(=O)NCCSSCCC(=O)O)c1.O=C(O)C(F)(F)F. The number of ether oxygens (including phenoxy) is 1. The molecule has 0 aliphatic carbocycles. The summed E-state index contributed by atoms with van der Waals surface area (Å²) in [6.07, 6.45) is -3.79. The van der Waals surface area contributed by atoms with Crippen molar-refractivity contribution in [2.45, 2.75) is 12.6 Å². The zero-order valence-electron chi connectivity index (χ0n) is 14.3. The monoisotopic (exact) mass is 448 g/mol. The van der Waals surface area contributed by atoms with E-state index in [2.05, 4.69) is 10.3 Å². The van der Waals surface area contributed by atoms with Crippen molar-refractivity contribution in [2.75, 3.05) is 25.2 Å². The Kier molecular flexibility index (Phi) is 12.0. The largest absolute Gasteiger partial charge is 0.495 e. The maximum absolute atomic E-state index is 13.4. The van der Waals surface area contributed by atoms with Gasteiger partial charge in [0.05, 0.1) is 25.3 Å². The second-order valence-electron chi connectivity index (χ2n) is 4.56. The summed E-state index contributed by atoms with van der Waals surface area (Å²) in [5.41, 5.74) is -0.169. The zero-order chi connectivity index (χ0) is 21.7. The molecular weight excluding hydrogens is 432 g/mol. The maximum Gasteiger partial charge on any atom is 0.490 e. The molecule has 8 nitrogen and oxygen atoms in total. The van der Waals surface area contributed by atoms with Crippen molar-refractivity contribution in [2.24, 2.45) is 0 Å². The van der Waals surface area contributed by atoms with E-state index in [4.69, 9.17) is 19.7 Å². The Labute approximate surface area is 164 Å². The number of alkyl halides is 3. The number of aliphatic carboxylic acids is 2. The molecule has 0 atom stereocenters. The van der Waals surface area contributed by atoms with E-state index < -0.39 is 30.0 Å². The lowest BCUT2D eigenvalue weighted by Gasteiger charge is -2.06. The molecule has 0 aromatic carbocycles. The van der Waals surface area contributed by atoms with Crippen LogP contribution in [0.5, 0.6) is 5.75 Å². The third-order valence-corrected chi connectivity index (χ3v) is 4.90. The summed E-state index contributed by atoms with van der Waals surface area (Å²) in [6.45, 7) is 0.347. The Bertz CT molecular complexity index is 676. The fourth-order valence-electron chi connectivity index (χ4n) is 1.25. The first-order valence-corrected chi connectivity index (χ1v) is 9.71. The lowest BCUT2D eigenvalue weighted by atomic mass is 10.2. The van der Waals surface area contributed by atoms with E-state index in [1.54, 1.807) is 0 Å². The van der Waals surface area contributed by atoms with Gasteiger partial charge in [0, 0.05) is 18.1 Å². The third-order valence-electron chi connectivity index (χ3n) is 2.49. The van der Waals surface area contributed by atoms with E-state index in [9.17, 15) is 27.2 Å². The molecule has 14 heteroatoms. The van der Waals surface area contributed by atoms with Crippen LogP contribution >= 0.6 is 21.6 Å². The fourth-order valence-corrected chi connectivity index (χ4v) is 3.13. The fraction of sp³-hybridized carbons (Fsp3) is 0.429. The molecule has 0 spiro atoms. The van der Waals surface area contributed by atoms with E-state index in [0.717, 1.165) is 0 Å². The maximum atomic E-state index is 13.4. The van der Waals surface area contributed by atoms with E-state index >= 15 is 0 Å². The van der Waals surface area contributed by atoms with Gasteiger partial charge in [-0.15, -0.1) is 0 Å². The Morgan fingerprint density at radius 1 is 1.21 bits per heavy atom. The van der Waals surface area contributed by atoms with Crippen LogP contribution in [-0.4, -0.2) is 64.4 Å². The van der Waals surface area contributed by atoms with Crippen LogP contribution in [-0.2, 0) is 9.59 Å². The summed E-state index contributed by atoms with van der Waals surface area (Å²) in [5.74, 6) is -3.60. The first kappa shape index (κ1) is 25.8. The molecule has 0 bridgehead atoms. The highest BCUT2D eigenvalue weighted by Crippen LogP contribution is 2.21. The Morgan fingerprint density at radius 3 is 2.29 bits per heavy atom. The van der Waals surface area contributed by atoms with Crippen LogP contribution in [0.4, 0.5) is 17.6 Å². The quantitative estimate of drug-likeness (QED) is 0.226. The highest BCUT2D eigenvalue weighted by Gasteiger charge is 2.38. The first-order valence-electron chi connectivity index (χ1n) is 7.23. The van der Waals surface area contributed by atoms with Gasteiger partial charge in [0.15, 0.2) is 0 Å². The standard InChI is InChI=1S/C12H15FN2O4S2.C2HF3O2/c1-19-8-6-9(11(13)15-7-8)12(18)14-3-5-21-20-4-2-10(16)17;3-2(4,5)1(6)7/h6-7H,2-5H2,1H3,(H,14,18)(H,16,17);(H,6,7). The van der Waals surface area contributed by atoms with Crippen molar-refractivity contribution in [3.05, 3.63) is 23.8 Å². The summed E-state index contributed by atoms with van der Waals surface area (Å²) in [7, 11) is 4.27. The molecule has 0 aliphatic heterocycles. The summed E-state index contributed by atoms with van der Waals surface area (Å²) in [6, 6.07) is 1.28. The van der Waals surface area contributed by atoms with Gasteiger partial charge in [-0.2, -0.15) is 17.6 Å². The molecule has 28 heavy (non-hydrogen) atoms. The Hall–Kier alpha value is -2.22. The number of methoxy groups -OCH3 is 1. The van der Waals surface area contributed by atoms with Crippen LogP contribution in [0.15, 0.2) is 12.3 Å². The first-order chi connectivity index (χ1) is 13.0. The lowest BCUT2D eigenvalue weighted by Crippen LogP contribution is -2.26. The topological polar surface area (TPSA) is 126 Å². The summed E-state index contributed by atoms with van der Waals surface area (Å²) in [5, 5.41) is 18.1. The van der Waals surface area contributed by atoms with Crippen LogP contribution in [0, 0.1) is 5.95 Å². The average molecular weight is 448 g/mol. The number of nitrogens with one attached hydrogen (secondary N) is 1. The number of hydrogen-bond donors (Lipinski definition) is 3. The molecule has 1 amide bonds. The molecule has 0 saturated carbocycles. The highest BCUT2D eigenvalue weighted by molar-refractivity contribution is 8.76. The van der Waals surface area contributed by atoms with E-state index in [1.807, 2.05) is 0 Å². The van der Waals surface area contributed by atoms with Gasteiger partial charge < -0.3 is 20.3 Å². The Morgan fingerprint density at radius 2 is 1.79 bits per heavy atom. The molecule has 158 valence electrons. The van der Waals surface area contributed by atoms with Crippen molar-refractivity contribution in [1.29, 1.82) is 0 Å². The minimum Gasteiger partial charge on any atom is -0.495 e. The number of nitrogens with zero attached hydrogens (tertiary/aromatic N) is 1. The highest BCUT2D eigenvalue weighted by atomic mass is 33.1. The third kappa shape index (κ3) is 11.5. The number of rotatable bonds is 9. The van der Waals surface area contributed by atoms with Gasteiger partial charge in [0.1, 0.15) is 5.75 Å². The van der Waals surface area contributed by atoms with E-state index in [-0.39, 0.29) is 12.0 Å². The summed E-state index contributed by atoms with van der Waals surface area (Å²) in [4.78, 5) is 34.4. The molecule has 1 heterocycles. The predicted octanol–water partition coefficient (Wildman–Crippen LogP) is 2.45. The number of carboxylic acids is 2. The smallest absolute Gasteiger partial charge is 0.490 e. The number of carbonyl (C=O) groups excluding carboxylic acids is 1. The molecule has 0 radical (unpaired) electrons. The molecule has 0 aliphatic rings. The minimum absolute atomic E-state index is 0.102. The molecule has 0 fully saturated rings. The number of carbonyl (C=O) groups is 3. The number of hydrogen-bond acceptors (Lipinski definition) is 7. The van der Waals surface area contributed by atoms with Gasteiger partial charge in [-0.1, -0.05) is 21.6 Å². The van der Waals surface area contributed by atoms with Gasteiger partial charge in [-0.25, -0.2) is 9.78 Å².